The molecule has 1 fully saturated rings. The van der Waals surface area contributed by atoms with E-state index in [0.29, 0.717) is 18.3 Å². The Labute approximate surface area is 150 Å². The summed E-state index contributed by atoms with van der Waals surface area (Å²) in [6.07, 6.45) is 7.88. The first-order chi connectivity index (χ1) is 11.2. The number of nitrogens with zero attached hydrogens (tertiary/aromatic N) is 4. The van der Waals surface area contributed by atoms with Gasteiger partial charge >= 0.3 is 0 Å². The van der Waals surface area contributed by atoms with Crippen molar-refractivity contribution in [3.63, 3.8) is 0 Å². The third-order valence-electron chi connectivity index (χ3n) is 4.52. The standard InChI is InChI=1S/C16H19IN5P/c1-11-4-12(6-18-11)9-21-16-3-2-13(5-14(16)7-19-21)15-8-20-22(10-15)23-17/h2-3,5,7-8,10-12,18,23H,4,6,9H2,1H3/t11-,12+/m0/s1. The monoisotopic (exact) mass is 439 g/mol. The highest BCUT2D eigenvalue weighted by Gasteiger charge is 2.21. The van der Waals surface area contributed by atoms with Crippen LogP contribution in [0.25, 0.3) is 22.0 Å². The summed E-state index contributed by atoms with van der Waals surface area (Å²) in [6, 6.07) is 7.20. The van der Waals surface area contributed by atoms with Gasteiger partial charge in [0, 0.05) is 36.3 Å². The minimum absolute atomic E-state index is 0.628. The largest absolute Gasteiger partial charge is 0.314 e. The number of halogens is 1. The van der Waals surface area contributed by atoms with Gasteiger partial charge in [0.25, 0.3) is 0 Å². The van der Waals surface area contributed by atoms with Crippen LogP contribution in [0.5, 0.6) is 0 Å². The van der Waals surface area contributed by atoms with Crippen LogP contribution in [0.3, 0.4) is 0 Å². The highest BCUT2D eigenvalue weighted by Crippen LogP contribution is 2.29. The second-order valence-electron chi connectivity index (χ2n) is 6.27. The fourth-order valence-electron chi connectivity index (χ4n) is 3.35. The molecule has 5 nitrogen and oxygen atoms in total. The van der Waals surface area contributed by atoms with Gasteiger partial charge < -0.3 is 5.32 Å². The van der Waals surface area contributed by atoms with E-state index in [1.54, 1.807) is 0 Å². The van der Waals surface area contributed by atoms with E-state index in [0.717, 1.165) is 18.7 Å². The third kappa shape index (κ3) is 3.16. The lowest BCUT2D eigenvalue weighted by atomic mass is 10.1. The Kier molecular flexibility index (Phi) is 4.39. The van der Waals surface area contributed by atoms with Gasteiger partial charge in [-0.05, 0) is 59.0 Å². The number of aromatic nitrogens is 4. The normalized spacial score (nSPS) is 21.8. The minimum atomic E-state index is 0.628. The SMILES string of the molecule is C[C@H]1C[C@@H](Cn2ncc3cc(-c4cnn(PI)c4)ccc32)CN1. The van der Waals surface area contributed by atoms with Crippen LogP contribution in [0.1, 0.15) is 13.3 Å². The van der Waals surface area contributed by atoms with E-state index >= 15 is 0 Å². The Bertz CT molecular complexity index is 827. The molecule has 0 saturated carbocycles. The molecule has 2 aromatic heterocycles. The second kappa shape index (κ2) is 6.49. The van der Waals surface area contributed by atoms with E-state index in [1.165, 1.54) is 22.9 Å². The predicted octanol–water partition coefficient (Wildman–Crippen LogP) is 3.69. The van der Waals surface area contributed by atoms with Crippen LogP contribution in [0, 0.1) is 5.92 Å². The number of rotatable bonds is 4. The summed E-state index contributed by atoms with van der Waals surface area (Å²) in [5, 5.41) is 13.7. The van der Waals surface area contributed by atoms with Crippen LogP contribution in [-0.2, 0) is 6.54 Å². The summed E-state index contributed by atoms with van der Waals surface area (Å²) in [7, 11) is 0. The fourth-order valence-corrected chi connectivity index (χ4v) is 4.43. The zero-order chi connectivity index (χ0) is 15.8. The van der Waals surface area contributed by atoms with Crippen LogP contribution in [0.4, 0.5) is 0 Å². The van der Waals surface area contributed by atoms with E-state index in [-0.39, 0.29) is 0 Å². The topological polar surface area (TPSA) is 47.7 Å². The summed E-state index contributed by atoms with van der Waals surface area (Å²) in [5.41, 5.74) is 3.59. The van der Waals surface area contributed by atoms with E-state index in [4.69, 9.17) is 0 Å². The summed E-state index contributed by atoms with van der Waals surface area (Å²) in [5.74, 6) is 0.677. The smallest absolute Gasteiger partial charge is 0.0682 e. The van der Waals surface area contributed by atoms with Gasteiger partial charge in [0.1, 0.15) is 0 Å². The fraction of sp³-hybridized carbons (Fsp3) is 0.375. The predicted molar refractivity (Wildman–Crippen MR) is 104 cm³/mol. The zero-order valence-corrected chi connectivity index (χ0v) is 16.1. The Hall–Kier alpha value is -0.980. The highest BCUT2D eigenvalue weighted by atomic mass is 127. The van der Waals surface area contributed by atoms with E-state index in [1.807, 2.05) is 16.8 Å². The molecule has 1 aliphatic heterocycles. The molecule has 1 unspecified atom stereocenters. The molecule has 23 heavy (non-hydrogen) atoms. The number of benzene rings is 1. The van der Waals surface area contributed by atoms with Crippen molar-refractivity contribution < 1.29 is 0 Å². The first-order valence-electron chi connectivity index (χ1n) is 7.83. The Balaban J connectivity index is 1.60. The van der Waals surface area contributed by atoms with Crippen molar-refractivity contribution in [3.8, 4) is 11.1 Å². The molecule has 0 spiro atoms. The molecule has 1 aliphatic rings. The van der Waals surface area contributed by atoms with Gasteiger partial charge in [-0.1, -0.05) is 6.07 Å². The molecule has 3 heterocycles. The van der Waals surface area contributed by atoms with Gasteiger partial charge in [-0.25, -0.2) is 4.45 Å². The van der Waals surface area contributed by atoms with Gasteiger partial charge in [-0.15, -0.1) is 0 Å². The first kappa shape index (κ1) is 15.5. The van der Waals surface area contributed by atoms with Crippen molar-refractivity contribution in [3.05, 3.63) is 36.8 Å². The maximum Gasteiger partial charge on any atom is 0.0682 e. The van der Waals surface area contributed by atoms with Gasteiger partial charge in [0.05, 0.1) is 24.3 Å². The lowest BCUT2D eigenvalue weighted by Gasteiger charge is -2.10. The van der Waals surface area contributed by atoms with Crippen molar-refractivity contribution in [2.75, 3.05) is 6.54 Å². The number of hydrogen-bond acceptors (Lipinski definition) is 3. The molecule has 1 saturated heterocycles. The van der Waals surface area contributed by atoms with Crippen molar-refractivity contribution in [1.82, 2.24) is 24.6 Å². The quantitative estimate of drug-likeness (QED) is 0.499. The van der Waals surface area contributed by atoms with Crippen LogP contribution in [0.2, 0.25) is 0 Å². The van der Waals surface area contributed by atoms with E-state index in [9.17, 15) is 0 Å². The number of fused-ring (bicyclic) bond motifs is 1. The average Bonchev–Trinajstić information content (AvgIpc) is 3.28. The number of hydrogen-bond donors (Lipinski definition) is 1. The molecule has 1 aromatic carbocycles. The van der Waals surface area contributed by atoms with Crippen LogP contribution < -0.4 is 5.32 Å². The van der Waals surface area contributed by atoms with Gasteiger partial charge in [0.2, 0.25) is 0 Å². The zero-order valence-electron chi connectivity index (χ0n) is 12.9. The molecule has 1 N–H and O–H groups in total. The molecule has 0 amide bonds. The molecule has 120 valence electrons. The first-order valence-corrected chi connectivity index (χ1v) is 11.9. The second-order valence-corrected chi connectivity index (χ2v) is 8.34. The number of nitrogens with one attached hydrogen (secondary N) is 1. The van der Waals surface area contributed by atoms with Crippen molar-refractivity contribution in [2.24, 2.45) is 5.92 Å². The molecule has 0 aliphatic carbocycles. The van der Waals surface area contributed by atoms with Crippen LogP contribution in [0.15, 0.2) is 36.8 Å². The summed E-state index contributed by atoms with van der Waals surface area (Å²) < 4.78 is 4.12. The molecule has 0 bridgehead atoms. The molecular formula is C16H19IN5P. The summed E-state index contributed by atoms with van der Waals surface area (Å²) in [4.78, 5) is 0. The average molecular weight is 439 g/mol. The Morgan fingerprint density at radius 2 is 2.22 bits per heavy atom. The molecule has 7 heteroatoms. The van der Waals surface area contributed by atoms with Crippen LogP contribution in [-0.4, -0.2) is 31.9 Å². The van der Waals surface area contributed by atoms with Gasteiger partial charge in [-0.3, -0.25) is 4.68 Å². The summed E-state index contributed by atoms with van der Waals surface area (Å²) in [6.45, 7) is 4.34. The molecular weight excluding hydrogens is 420 g/mol. The van der Waals surface area contributed by atoms with Gasteiger partial charge in [-0.2, -0.15) is 10.2 Å². The van der Waals surface area contributed by atoms with E-state index in [2.05, 4.69) is 73.6 Å². The molecule has 3 aromatic rings. The van der Waals surface area contributed by atoms with Crippen molar-refractivity contribution >= 4 is 39.3 Å². The Morgan fingerprint density at radius 1 is 1.30 bits per heavy atom. The maximum atomic E-state index is 4.61. The maximum absolute atomic E-state index is 4.61. The third-order valence-corrected chi connectivity index (χ3v) is 6.42. The van der Waals surface area contributed by atoms with Gasteiger partial charge in [0.15, 0.2) is 0 Å². The van der Waals surface area contributed by atoms with Crippen molar-refractivity contribution in [1.29, 1.82) is 0 Å². The molecule has 0 radical (unpaired) electrons. The minimum Gasteiger partial charge on any atom is -0.314 e. The molecule has 3 atom stereocenters. The highest BCUT2D eigenvalue weighted by molar-refractivity contribution is 14.2. The Morgan fingerprint density at radius 3 is 2.96 bits per heavy atom. The lowest BCUT2D eigenvalue weighted by molar-refractivity contribution is 0.453. The van der Waals surface area contributed by atoms with Crippen LogP contribution >= 0.6 is 28.4 Å². The van der Waals surface area contributed by atoms with E-state index < -0.39 is 0 Å². The summed E-state index contributed by atoms with van der Waals surface area (Å²) >= 11 is 2.34. The molecule has 4 rings (SSSR count). The van der Waals surface area contributed by atoms with Crippen molar-refractivity contribution in [2.45, 2.75) is 25.9 Å². The lowest BCUT2D eigenvalue weighted by Crippen LogP contribution is -2.18.